The number of benzene rings is 1. The third-order valence-electron chi connectivity index (χ3n) is 1.92. The largest absolute Gasteiger partial charge is 0.323 e. The highest BCUT2D eigenvalue weighted by Gasteiger charge is 2.05. The van der Waals surface area contributed by atoms with E-state index in [-0.39, 0.29) is 6.04 Å². The molecule has 0 fully saturated rings. The van der Waals surface area contributed by atoms with E-state index in [9.17, 15) is 0 Å². The molecule has 0 amide bonds. The first-order valence-electron chi connectivity index (χ1n) is 4.03. The van der Waals surface area contributed by atoms with E-state index in [4.69, 9.17) is 11.0 Å². The van der Waals surface area contributed by atoms with Crippen LogP contribution in [-0.4, -0.2) is 0 Å². The smallest absolute Gasteiger partial charge is 0.0641 e. The maximum atomic E-state index is 8.48. The predicted molar refractivity (Wildman–Crippen MR) is 56.0 cm³/mol. The van der Waals surface area contributed by atoms with Gasteiger partial charge in [-0.2, -0.15) is 5.26 Å². The summed E-state index contributed by atoms with van der Waals surface area (Å²) in [5.41, 5.74) is 7.95. The van der Waals surface area contributed by atoms with Crippen molar-refractivity contribution >= 4 is 15.9 Å². The van der Waals surface area contributed by atoms with E-state index in [1.54, 1.807) is 0 Å². The Kier molecular flexibility index (Phi) is 3.47. The molecule has 1 aromatic rings. The lowest BCUT2D eigenvalue weighted by Crippen LogP contribution is -2.09. The molecule has 0 saturated heterocycles. The molecule has 68 valence electrons. The molecular formula is C10H11BrN2. The van der Waals surface area contributed by atoms with Gasteiger partial charge in [0.1, 0.15) is 0 Å². The van der Waals surface area contributed by atoms with E-state index in [0.717, 1.165) is 15.6 Å². The molecule has 1 aromatic carbocycles. The molecule has 13 heavy (non-hydrogen) atoms. The Bertz CT molecular complexity index is 341. The number of rotatable bonds is 2. The highest BCUT2D eigenvalue weighted by molar-refractivity contribution is 9.10. The van der Waals surface area contributed by atoms with Crippen molar-refractivity contribution in [3.63, 3.8) is 0 Å². The number of aryl methyl sites for hydroxylation is 1. The monoisotopic (exact) mass is 238 g/mol. The second-order valence-electron chi connectivity index (χ2n) is 2.98. The summed E-state index contributed by atoms with van der Waals surface area (Å²) in [5.74, 6) is 0. The first kappa shape index (κ1) is 10.2. The zero-order valence-electron chi connectivity index (χ0n) is 7.42. The SMILES string of the molecule is Cc1cc([C@@H](N)CC#N)ccc1Br. The first-order chi connectivity index (χ1) is 6.15. The Morgan fingerprint density at radius 3 is 2.85 bits per heavy atom. The molecule has 0 aliphatic heterocycles. The van der Waals surface area contributed by atoms with Crippen LogP contribution in [0, 0.1) is 18.3 Å². The van der Waals surface area contributed by atoms with Gasteiger partial charge in [-0.15, -0.1) is 0 Å². The van der Waals surface area contributed by atoms with Crippen molar-refractivity contribution in [2.24, 2.45) is 5.73 Å². The maximum Gasteiger partial charge on any atom is 0.0641 e. The normalized spacial score (nSPS) is 12.2. The van der Waals surface area contributed by atoms with Crippen LogP contribution in [0.15, 0.2) is 22.7 Å². The average molecular weight is 239 g/mol. The van der Waals surface area contributed by atoms with E-state index in [2.05, 4.69) is 22.0 Å². The van der Waals surface area contributed by atoms with E-state index in [1.807, 2.05) is 25.1 Å². The van der Waals surface area contributed by atoms with Crippen molar-refractivity contribution < 1.29 is 0 Å². The summed E-state index contributed by atoms with van der Waals surface area (Å²) in [7, 11) is 0. The van der Waals surface area contributed by atoms with Crippen LogP contribution in [0.3, 0.4) is 0 Å². The molecule has 0 unspecified atom stereocenters. The molecule has 0 spiro atoms. The summed E-state index contributed by atoms with van der Waals surface area (Å²) in [5, 5.41) is 8.48. The van der Waals surface area contributed by atoms with Crippen LogP contribution in [0.1, 0.15) is 23.6 Å². The van der Waals surface area contributed by atoms with Gasteiger partial charge in [-0.3, -0.25) is 0 Å². The van der Waals surface area contributed by atoms with Gasteiger partial charge in [0, 0.05) is 10.5 Å². The minimum absolute atomic E-state index is 0.170. The zero-order valence-corrected chi connectivity index (χ0v) is 9.01. The molecule has 0 aliphatic carbocycles. The highest BCUT2D eigenvalue weighted by Crippen LogP contribution is 2.21. The second kappa shape index (κ2) is 4.40. The van der Waals surface area contributed by atoms with Crippen molar-refractivity contribution in [2.75, 3.05) is 0 Å². The Labute approximate surface area is 86.5 Å². The molecule has 1 rings (SSSR count). The number of nitriles is 1. The van der Waals surface area contributed by atoms with Crippen LogP contribution >= 0.6 is 15.9 Å². The zero-order chi connectivity index (χ0) is 9.84. The highest BCUT2D eigenvalue weighted by atomic mass is 79.9. The lowest BCUT2D eigenvalue weighted by Gasteiger charge is -2.09. The van der Waals surface area contributed by atoms with Gasteiger partial charge in [0.2, 0.25) is 0 Å². The molecule has 0 bridgehead atoms. The van der Waals surface area contributed by atoms with Gasteiger partial charge in [0.05, 0.1) is 12.5 Å². The summed E-state index contributed by atoms with van der Waals surface area (Å²) in [6.07, 6.45) is 0.362. The second-order valence-corrected chi connectivity index (χ2v) is 3.83. The summed E-state index contributed by atoms with van der Waals surface area (Å²) < 4.78 is 1.07. The molecule has 2 nitrogen and oxygen atoms in total. The van der Waals surface area contributed by atoms with E-state index in [0.29, 0.717) is 6.42 Å². The molecule has 0 radical (unpaired) electrons. The molecule has 0 saturated carbocycles. The van der Waals surface area contributed by atoms with Gasteiger partial charge in [-0.25, -0.2) is 0 Å². The van der Waals surface area contributed by atoms with Gasteiger partial charge in [0.15, 0.2) is 0 Å². The van der Waals surface area contributed by atoms with E-state index >= 15 is 0 Å². The number of hydrogen-bond donors (Lipinski definition) is 1. The van der Waals surface area contributed by atoms with Crippen molar-refractivity contribution in [3.05, 3.63) is 33.8 Å². The van der Waals surface area contributed by atoms with Crippen LogP contribution in [0.5, 0.6) is 0 Å². The predicted octanol–water partition coefficient (Wildman–Crippen LogP) is 2.67. The maximum absolute atomic E-state index is 8.48. The Hall–Kier alpha value is -0.850. The summed E-state index contributed by atoms with van der Waals surface area (Å²) in [6, 6.07) is 7.80. The van der Waals surface area contributed by atoms with E-state index in [1.165, 1.54) is 0 Å². The number of halogens is 1. The molecule has 0 aromatic heterocycles. The number of nitrogens with two attached hydrogens (primary N) is 1. The fraction of sp³-hybridized carbons (Fsp3) is 0.300. The Morgan fingerprint density at radius 2 is 2.31 bits per heavy atom. The molecule has 0 aliphatic rings. The van der Waals surface area contributed by atoms with Crippen molar-refractivity contribution in [1.29, 1.82) is 5.26 Å². The fourth-order valence-electron chi connectivity index (χ4n) is 1.11. The Balaban J connectivity index is 2.91. The molecule has 2 N–H and O–H groups in total. The van der Waals surface area contributed by atoms with Crippen LogP contribution in [0.4, 0.5) is 0 Å². The van der Waals surface area contributed by atoms with Crippen LogP contribution in [0.25, 0.3) is 0 Å². The minimum atomic E-state index is -0.170. The lowest BCUT2D eigenvalue weighted by molar-refractivity contribution is 0.747. The van der Waals surface area contributed by atoms with Crippen molar-refractivity contribution in [1.82, 2.24) is 0 Å². The standard InChI is InChI=1S/C10H11BrN2/c1-7-6-8(2-3-9(7)11)10(13)4-5-12/h2-3,6,10H,4,13H2,1H3/t10-/m0/s1. The molecule has 1 atom stereocenters. The summed E-state index contributed by atoms with van der Waals surface area (Å²) >= 11 is 3.41. The summed E-state index contributed by atoms with van der Waals surface area (Å²) in [4.78, 5) is 0. The van der Waals surface area contributed by atoms with Gasteiger partial charge in [-0.1, -0.05) is 28.1 Å². The molecule has 3 heteroatoms. The topological polar surface area (TPSA) is 49.8 Å². The van der Waals surface area contributed by atoms with Gasteiger partial charge >= 0.3 is 0 Å². The average Bonchev–Trinajstić information content (AvgIpc) is 2.10. The minimum Gasteiger partial charge on any atom is -0.323 e. The third-order valence-corrected chi connectivity index (χ3v) is 2.81. The molecular weight excluding hydrogens is 228 g/mol. The van der Waals surface area contributed by atoms with Crippen LogP contribution < -0.4 is 5.73 Å². The number of nitrogens with zero attached hydrogens (tertiary/aromatic N) is 1. The first-order valence-corrected chi connectivity index (χ1v) is 4.83. The fourth-order valence-corrected chi connectivity index (χ4v) is 1.36. The Morgan fingerprint density at radius 1 is 1.62 bits per heavy atom. The quantitative estimate of drug-likeness (QED) is 0.862. The number of hydrogen-bond acceptors (Lipinski definition) is 2. The van der Waals surface area contributed by atoms with Crippen LogP contribution in [0.2, 0.25) is 0 Å². The molecule has 0 heterocycles. The van der Waals surface area contributed by atoms with Crippen molar-refractivity contribution in [2.45, 2.75) is 19.4 Å². The van der Waals surface area contributed by atoms with Crippen molar-refractivity contribution in [3.8, 4) is 6.07 Å². The van der Waals surface area contributed by atoms with E-state index < -0.39 is 0 Å². The third kappa shape index (κ3) is 2.55. The lowest BCUT2D eigenvalue weighted by atomic mass is 10.0. The summed E-state index contributed by atoms with van der Waals surface area (Å²) in [6.45, 7) is 2.01. The van der Waals surface area contributed by atoms with Crippen LogP contribution in [-0.2, 0) is 0 Å². The van der Waals surface area contributed by atoms with Gasteiger partial charge < -0.3 is 5.73 Å². The van der Waals surface area contributed by atoms with Gasteiger partial charge in [0.25, 0.3) is 0 Å². The van der Waals surface area contributed by atoms with Gasteiger partial charge in [-0.05, 0) is 24.1 Å².